The Labute approximate surface area is 184 Å². The van der Waals surface area contributed by atoms with E-state index in [-0.39, 0.29) is 5.91 Å². The average molecular weight is 473 g/mol. The molecule has 3 aromatic rings. The summed E-state index contributed by atoms with van der Waals surface area (Å²) in [4.78, 5) is 23.8. The van der Waals surface area contributed by atoms with E-state index >= 15 is 0 Å². The first kappa shape index (κ1) is 22.0. The first-order valence-corrected chi connectivity index (χ1v) is 10.5. The van der Waals surface area contributed by atoms with Crippen molar-refractivity contribution in [3.8, 4) is 11.5 Å². The second kappa shape index (κ2) is 10.4. The number of rotatable bonds is 9. The van der Waals surface area contributed by atoms with Crippen molar-refractivity contribution in [2.45, 2.75) is 19.8 Å². The molecule has 0 aliphatic rings. The smallest absolute Gasteiger partial charge is 0.277 e. The third kappa shape index (κ3) is 5.25. The Morgan fingerprint density at radius 3 is 2.73 bits per heavy atom. The van der Waals surface area contributed by atoms with Crippen molar-refractivity contribution in [2.24, 2.45) is 0 Å². The molecular formula is C22H25BrN4O3. The van der Waals surface area contributed by atoms with Crippen LogP contribution in [-0.4, -0.2) is 43.2 Å². The first-order valence-electron chi connectivity index (χ1n) is 9.75. The van der Waals surface area contributed by atoms with E-state index < -0.39 is 0 Å². The minimum atomic E-state index is -0.317. The van der Waals surface area contributed by atoms with Crippen molar-refractivity contribution < 1.29 is 13.9 Å². The molecule has 0 spiro atoms. The molecule has 0 fully saturated rings. The molecule has 158 valence electrons. The zero-order valence-corrected chi connectivity index (χ0v) is 18.9. The molecule has 8 heteroatoms. The normalized spacial score (nSPS) is 10.8. The molecule has 0 aliphatic heterocycles. The van der Waals surface area contributed by atoms with Crippen LogP contribution in [0.25, 0.3) is 11.5 Å². The molecule has 0 unspecified atom stereocenters. The van der Waals surface area contributed by atoms with Crippen LogP contribution >= 0.6 is 15.9 Å². The van der Waals surface area contributed by atoms with Crippen LogP contribution in [-0.2, 0) is 11.2 Å². The summed E-state index contributed by atoms with van der Waals surface area (Å²) < 4.78 is 11.9. The minimum absolute atomic E-state index is 0.295. The standard InChI is InChI=1S/C22H25BrN4O3/c1-4-7-18-20(26-22(30-18)16-8-5-6-9-17(16)23)21(28)25-15-10-11-19(24-14-15)27(2)12-13-29-3/h5-6,8-11,14H,4,7,12-13H2,1-3H3,(H,25,28). The Bertz CT molecular complexity index is 988. The Morgan fingerprint density at radius 2 is 2.07 bits per heavy atom. The number of hydrogen-bond acceptors (Lipinski definition) is 6. The number of amides is 1. The van der Waals surface area contributed by atoms with Crippen LogP contribution in [0.2, 0.25) is 0 Å². The van der Waals surface area contributed by atoms with Crippen LogP contribution < -0.4 is 10.2 Å². The van der Waals surface area contributed by atoms with E-state index in [4.69, 9.17) is 9.15 Å². The van der Waals surface area contributed by atoms with E-state index in [9.17, 15) is 4.79 Å². The Balaban J connectivity index is 1.78. The molecule has 2 heterocycles. The van der Waals surface area contributed by atoms with Gasteiger partial charge in [-0.3, -0.25) is 4.79 Å². The summed E-state index contributed by atoms with van der Waals surface area (Å²) in [6.45, 7) is 3.38. The van der Waals surface area contributed by atoms with Gasteiger partial charge in [0, 0.05) is 31.6 Å². The number of hydrogen-bond donors (Lipinski definition) is 1. The number of carbonyl (C=O) groups excluding carboxylic acids is 1. The van der Waals surface area contributed by atoms with Gasteiger partial charge in [-0.15, -0.1) is 0 Å². The first-order chi connectivity index (χ1) is 14.5. The van der Waals surface area contributed by atoms with Gasteiger partial charge in [0.1, 0.15) is 11.6 Å². The number of methoxy groups -OCH3 is 1. The fourth-order valence-corrected chi connectivity index (χ4v) is 3.35. The summed E-state index contributed by atoms with van der Waals surface area (Å²) in [7, 11) is 3.60. The number of likely N-dealkylation sites (N-methyl/N-ethyl adjacent to an activating group) is 1. The maximum absolute atomic E-state index is 12.9. The highest BCUT2D eigenvalue weighted by Crippen LogP contribution is 2.29. The number of benzene rings is 1. The van der Waals surface area contributed by atoms with Crippen molar-refractivity contribution in [1.82, 2.24) is 9.97 Å². The Hall–Kier alpha value is -2.71. The fourth-order valence-electron chi connectivity index (χ4n) is 2.89. The van der Waals surface area contributed by atoms with Crippen LogP contribution in [0.3, 0.4) is 0 Å². The third-order valence-corrected chi connectivity index (χ3v) is 5.21. The van der Waals surface area contributed by atoms with Crippen LogP contribution in [0.4, 0.5) is 11.5 Å². The molecule has 7 nitrogen and oxygen atoms in total. The lowest BCUT2D eigenvalue weighted by molar-refractivity contribution is 0.102. The van der Waals surface area contributed by atoms with Gasteiger partial charge in [0.05, 0.1) is 24.1 Å². The van der Waals surface area contributed by atoms with Gasteiger partial charge in [-0.25, -0.2) is 9.97 Å². The number of oxazole rings is 1. The highest BCUT2D eigenvalue weighted by Gasteiger charge is 2.21. The van der Waals surface area contributed by atoms with E-state index in [0.29, 0.717) is 36.1 Å². The Kier molecular flexibility index (Phi) is 7.59. The van der Waals surface area contributed by atoms with Crippen LogP contribution in [0, 0.1) is 0 Å². The summed E-state index contributed by atoms with van der Waals surface area (Å²) in [6.07, 6.45) is 3.10. The van der Waals surface area contributed by atoms with Crippen molar-refractivity contribution in [2.75, 3.05) is 37.5 Å². The molecule has 1 aromatic carbocycles. The SMILES string of the molecule is CCCc1oc(-c2ccccc2Br)nc1C(=O)Nc1ccc(N(C)CCOC)nc1. The van der Waals surface area contributed by atoms with Gasteiger partial charge in [-0.2, -0.15) is 0 Å². The number of ether oxygens (including phenoxy) is 1. The maximum atomic E-state index is 12.9. The van der Waals surface area contributed by atoms with Gasteiger partial charge >= 0.3 is 0 Å². The molecule has 0 bridgehead atoms. The monoisotopic (exact) mass is 472 g/mol. The predicted octanol–water partition coefficient (Wildman–Crippen LogP) is 4.79. The molecule has 0 aliphatic carbocycles. The molecule has 2 aromatic heterocycles. The number of aryl methyl sites for hydroxylation is 1. The second-order valence-corrected chi connectivity index (χ2v) is 7.65. The topological polar surface area (TPSA) is 80.5 Å². The summed E-state index contributed by atoms with van der Waals surface area (Å²) in [5.74, 6) is 1.48. The zero-order valence-electron chi connectivity index (χ0n) is 17.3. The highest BCUT2D eigenvalue weighted by molar-refractivity contribution is 9.10. The number of aromatic nitrogens is 2. The van der Waals surface area contributed by atoms with Crippen molar-refractivity contribution in [3.05, 3.63) is 58.5 Å². The lowest BCUT2D eigenvalue weighted by Gasteiger charge is -2.17. The lowest BCUT2D eigenvalue weighted by Crippen LogP contribution is -2.23. The molecule has 0 radical (unpaired) electrons. The Morgan fingerprint density at radius 1 is 1.27 bits per heavy atom. The average Bonchev–Trinajstić information content (AvgIpc) is 3.17. The van der Waals surface area contributed by atoms with E-state index in [1.807, 2.05) is 55.3 Å². The molecule has 30 heavy (non-hydrogen) atoms. The number of carbonyl (C=O) groups is 1. The van der Waals surface area contributed by atoms with Gasteiger partial charge in [-0.1, -0.05) is 19.1 Å². The van der Waals surface area contributed by atoms with Gasteiger partial charge in [0.15, 0.2) is 5.69 Å². The number of nitrogens with one attached hydrogen (secondary N) is 1. The summed E-state index contributed by atoms with van der Waals surface area (Å²) >= 11 is 3.51. The second-order valence-electron chi connectivity index (χ2n) is 6.79. The molecule has 1 amide bonds. The predicted molar refractivity (Wildman–Crippen MR) is 121 cm³/mol. The van der Waals surface area contributed by atoms with Gasteiger partial charge in [-0.05, 0) is 46.6 Å². The van der Waals surface area contributed by atoms with E-state index in [1.165, 1.54) is 0 Å². The largest absolute Gasteiger partial charge is 0.440 e. The summed E-state index contributed by atoms with van der Waals surface area (Å²) in [5, 5.41) is 2.87. The van der Waals surface area contributed by atoms with Crippen molar-refractivity contribution in [1.29, 1.82) is 0 Å². The summed E-state index contributed by atoms with van der Waals surface area (Å²) in [5.41, 5.74) is 1.69. The zero-order chi connectivity index (χ0) is 21.5. The number of nitrogens with zero attached hydrogens (tertiary/aromatic N) is 3. The van der Waals surface area contributed by atoms with Gasteiger partial charge in [0.25, 0.3) is 5.91 Å². The van der Waals surface area contributed by atoms with E-state index in [0.717, 1.165) is 28.8 Å². The number of halogens is 1. The number of pyridine rings is 1. The summed E-state index contributed by atoms with van der Waals surface area (Å²) in [6, 6.07) is 11.3. The van der Waals surface area contributed by atoms with Crippen LogP contribution in [0.15, 0.2) is 51.5 Å². The fraction of sp³-hybridized carbons (Fsp3) is 0.318. The van der Waals surface area contributed by atoms with E-state index in [2.05, 4.69) is 31.2 Å². The quantitative estimate of drug-likeness (QED) is 0.482. The van der Waals surface area contributed by atoms with Crippen LogP contribution in [0.1, 0.15) is 29.6 Å². The van der Waals surface area contributed by atoms with Crippen molar-refractivity contribution >= 4 is 33.3 Å². The molecular weight excluding hydrogens is 448 g/mol. The molecule has 0 saturated heterocycles. The van der Waals surface area contributed by atoms with Gasteiger partial charge < -0.3 is 19.4 Å². The van der Waals surface area contributed by atoms with Crippen molar-refractivity contribution in [3.63, 3.8) is 0 Å². The number of anilines is 2. The molecule has 0 saturated carbocycles. The van der Waals surface area contributed by atoms with Crippen LogP contribution in [0.5, 0.6) is 0 Å². The van der Waals surface area contributed by atoms with E-state index in [1.54, 1.807) is 13.3 Å². The van der Waals surface area contributed by atoms with Gasteiger partial charge in [0.2, 0.25) is 5.89 Å². The molecule has 1 N–H and O–H groups in total. The minimum Gasteiger partial charge on any atom is -0.440 e. The lowest BCUT2D eigenvalue weighted by atomic mass is 10.2. The maximum Gasteiger partial charge on any atom is 0.277 e. The third-order valence-electron chi connectivity index (χ3n) is 4.52. The molecule has 3 rings (SSSR count). The molecule has 0 atom stereocenters. The highest BCUT2D eigenvalue weighted by atomic mass is 79.9.